The Balaban J connectivity index is 1.32. The first-order chi connectivity index (χ1) is 15.6. The Morgan fingerprint density at radius 1 is 0.906 bits per heavy atom. The third kappa shape index (κ3) is 5.36. The lowest BCUT2D eigenvalue weighted by atomic mass is 10.1. The molecule has 9 heteroatoms. The van der Waals surface area contributed by atoms with Crippen molar-refractivity contribution in [1.29, 1.82) is 0 Å². The third-order valence-electron chi connectivity index (χ3n) is 5.48. The summed E-state index contributed by atoms with van der Waals surface area (Å²) in [4.78, 5) is 28.8. The molecule has 32 heavy (non-hydrogen) atoms. The SMILES string of the molecule is O=C(NCc1ccco1)C(=O)NCC(c1ccco1)N1CCN(c2ccc(F)cc2)CC1. The van der Waals surface area contributed by atoms with Crippen molar-refractivity contribution in [3.63, 3.8) is 0 Å². The molecule has 0 radical (unpaired) electrons. The van der Waals surface area contributed by atoms with Crippen molar-refractivity contribution >= 4 is 17.5 Å². The lowest BCUT2D eigenvalue weighted by Gasteiger charge is -2.39. The van der Waals surface area contributed by atoms with Gasteiger partial charge in [0.1, 0.15) is 17.3 Å². The van der Waals surface area contributed by atoms with Gasteiger partial charge in [-0.2, -0.15) is 0 Å². The first kappa shape index (κ1) is 21.6. The summed E-state index contributed by atoms with van der Waals surface area (Å²) < 4.78 is 24.0. The van der Waals surface area contributed by atoms with E-state index < -0.39 is 11.8 Å². The molecule has 1 atom stereocenters. The number of nitrogens with zero attached hydrogens (tertiary/aromatic N) is 2. The monoisotopic (exact) mass is 440 g/mol. The van der Waals surface area contributed by atoms with Gasteiger partial charge in [0.15, 0.2) is 0 Å². The Kier molecular flexibility index (Phi) is 6.86. The van der Waals surface area contributed by atoms with E-state index in [4.69, 9.17) is 8.83 Å². The number of anilines is 1. The lowest BCUT2D eigenvalue weighted by Crippen LogP contribution is -2.50. The number of rotatable bonds is 7. The number of carbonyl (C=O) groups excluding carboxylic acids is 2. The van der Waals surface area contributed by atoms with Crippen molar-refractivity contribution in [3.05, 3.63) is 78.4 Å². The largest absolute Gasteiger partial charge is 0.468 e. The summed E-state index contributed by atoms with van der Waals surface area (Å²) in [5.74, 6) is -0.400. The maximum atomic E-state index is 13.2. The molecule has 1 saturated heterocycles. The predicted octanol–water partition coefficient (Wildman–Crippen LogP) is 2.31. The molecule has 2 N–H and O–H groups in total. The highest BCUT2D eigenvalue weighted by atomic mass is 19.1. The first-order valence-electron chi connectivity index (χ1n) is 10.5. The Hall–Kier alpha value is -3.59. The molecule has 1 aliphatic rings. The van der Waals surface area contributed by atoms with Crippen LogP contribution in [0.4, 0.5) is 10.1 Å². The molecule has 1 fully saturated rings. The number of nitrogens with one attached hydrogen (secondary N) is 2. The van der Waals surface area contributed by atoms with Crippen molar-refractivity contribution in [3.8, 4) is 0 Å². The van der Waals surface area contributed by atoms with Crippen molar-refractivity contribution in [1.82, 2.24) is 15.5 Å². The Labute approximate surface area is 185 Å². The Morgan fingerprint density at radius 3 is 2.25 bits per heavy atom. The number of furan rings is 2. The maximum absolute atomic E-state index is 13.2. The number of halogens is 1. The second-order valence-corrected chi connectivity index (χ2v) is 7.50. The molecule has 4 rings (SSSR count). The summed E-state index contributed by atoms with van der Waals surface area (Å²) >= 11 is 0. The van der Waals surface area contributed by atoms with Crippen LogP contribution in [0.3, 0.4) is 0 Å². The van der Waals surface area contributed by atoms with Crippen LogP contribution in [0.5, 0.6) is 0 Å². The van der Waals surface area contributed by atoms with E-state index in [2.05, 4.69) is 20.4 Å². The van der Waals surface area contributed by atoms with Gasteiger partial charge in [0, 0.05) is 38.4 Å². The molecular weight excluding hydrogens is 415 g/mol. The minimum Gasteiger partial charge on any atom is -0.468 e. The molecule has 2 aromatic heterocycles. The zero-order valence-electron chi connectivity index (χ0n) is 17.5. The Morgan fingerprint density at radius 2 is 1.59 bits per heavy atom. The van der Waals surface area contributed by atoms with Crippen LogP contribution in [0.25, 0.3) is 0 Å². The highest BCUT2D eigenvalue weighted by Gasteiger charge is 2.28. The highest BCUT2D eigenvalue weighted by molar-refractivity contribution is 6.35. The molecule has 3 heterocycles. The molecule has 1 aliphatic heterocycles. The second kappa shape index (κ2) is 10.1. The van der Waals surface area contributed by atoms with E-state index >= 15 is 0 Å². The summed E-state index contributed by atoms with van der Waals surface area (Å²) in [6.45, 7) is 3.33. The maximum Gasteiger partial charge on any atom is 0.309 e. The van der Waals surface area contributed by atoms with E-state index in [0.29, 0.717) is 5.76 Å². The van der Waals surface area contributed by atoms with Crippen LogP contribution < -0.4 is 15.5 Å². The van der Waals surface area contributed by atoms with Crippen LogP contribution in [0.2, 0.25) is 0 Å². The fraction of sp³-hybridized carbons (Fsp3) is 0.304. The zero-order valence-corrected chi connectivity index (χ0v) is 17.5. The second-order valence-electron chi connectivity index (χ2n) is 7.50. The molecule has 0 aliphatic carbocycles. The van der Waals surface area contributed by atoms with Crippen molar-refractivity contribution < 1.29 is 22.8 Å². The van der Waals surface area contributed by atoms with Crippen LogP contribution in [-0.4, -0.2) is 49.4 Å². The smallest absolute Gasteiger partial charge is 0.309 e. The van der Waals surface area contributed by atoms with Gasteiger partial charge in [-0.05, 0) is 48.5 Å². The zero-order chi connectivity index (χ0) is 22.3. The number of amides is 2. The van der Waals surface area contributed by atoms with Gasteiger partial charge in [-0.25, -0.2) is 4.39 Å². The molecule has 0 bridgehead atoms. The molecule has 168 valence electrons. The molecular formula is C23H25FN4O4. The quantitative estimate of drug-likeness (QED) is 0.548. The van der Waals surface area contributed by atoms with Gasteiger partial charge in [-0.15, -0.1) is 0 Å². The van der Waals surface area contributed by atoms with Gasteiger partial charge in [0.2, 0.25) is 0 Å². The predicted molar refractivity (Wildman–Crippen MR) is 115 cm³/mol. The first-order valence-corrected chi connectivity index (χ1v) is 10.5. The molecule has 1 unspecified atom stereocenters. The topological polar surface area (TPSA) is 91.0 Å². The molecule has 2 amide bonds. The van der Waals surface area contributed by atoms with E-state index in [1.165, 1.54) is 18.4 Å². The molecule has 0 saturated carbocycles. The fourth-order valence-corrected chi connectivity index (χ4v) is 3.76. The van der Waals surface area contributed by atoms with E-state index in [9.17, 15) is 14.0 Å². The van der Waals surface area contributed by atoms with E-state index in [-0.39, 0.29) is 24.9 Å². The average molecular weight is 440 g/mol. The van der Waals surface area contributed by atoms with Crippen LogP contribution in [0, 0.1) is 5.82 Å². The molecule has 3 aromatic rings. The van der Waals surface area contributed by atoms with Gasteiger partial charge in [0.25, 0.3) is 0 Å². The summed E-state index contributed by atoms with van der Waals surface area (Å²) in [6, 6.07) is 13.4. The number of hydrogen-bond acceptors (Lipinski definition) is 6. The molecule has 8 nitrogen and oxygen atoms in total. The van der Waals surface area contributed by atoms with Crippen molar-refractivity contribution in [2.45, 2.75) is 12.6 Å². The summed E-state index contributed by atoms with van der Waals surface area (Å²) in [7, 11) is 0. The van der Waals surface area contributed by atoms with Crippen molar-refractivity contribution in [2.24, 2.45) is 0 Å². The molecule has 0 spiro atoms. The number of carbonyl (C=O) groups is 2. The summed E-state index contributed by atoms with van der Waals surface area (Å²) in [6.07, 6.45) is 3.10. The van der Waals surface area contributed by atoms with Gasteiger partial charge < -0.3 is 24.4 Å². The van der Waals surface area contributed by atoms with Gasteiger partial charge >= 0.3 is 11.8 Å². The third-order valence-corrected chi connectivity index (χ3v) is 5.48. The number of piperazine rings is 1. The van der Waals surface area contributed by atoms with Crippen LogP contribution in [0.1, 0.15) is 17.6 Å². The lowest BCUT2D eigenvalue weighted by molar-refractivity contribution is -0.139. The number of hydrogen-bond donors (Lipinski definition) is 2. The average Bonchev–Trinajstić information content (AvgIpc) is 3.53. The van der Waals surface area contributed by atoms with Crippen LogP contribution in [0.15, 0.2) is 69.9 Å². The fourth-order valence-electron chi connectivity index (χ4n) is 3.76. The van der Waals surface area contributed by atoms with Gasteiger partial charge in [-0.1, -0.05) is 0 Å². The Bertz CT molecular complexity index is 997. The van der Waals surface area contributed by atoms with E-state index in [1.807, 2.05) is 6.07 Å². The molecule has 1 aromatic carbocycles. The van der Waals surface area contributed by atoms with Gasteiger partial charge in [-0.3, -0.25) is 14.5 Å². The summed E-state index contributed by atoms with van der Waals surface area (Å²) in [5, 5.41) is 5.24. The van der Waals surface area contributed by atoms with Crippen molar-refractivity contribution in [2.75, 3.05) is 37.6 Å². The van der Waals surface area contributed by atoms with E-state index in [1.54, 1.807) is 36.6 Å². The standard InChI is InChI=1S/C23H25FN4O4/c24-17-5-7-18(8-6-17)27-9-11-28(12-10-27)20(21-4-2-14-32-21)16-26-23(30)22(29)25-15-19-3-1-13-31-19/h1-8,13-14,20H,9-12,15-16H2,(H,25,29)(H,26,30). The van der Waals surface area contributed by atoms with Crippen LogP contribution in [-0.2, 0) is 16.1 Å². The number of benzene rings is 1. The van der Waals surface area contributed by atoms with E-state index in [0.717, 1.165) is 37.6 Å². The summed E-state index contributed by atoms with van der Waals surface area (Å²) in [5.41, 5.74) is 0.974. The van der Waals surface area contributed by atoms with Gasteiger partial charge in [0.05, 0.1) is 25.1 Å². The minimum atomic E-state index is -0.722. The highest BCUT2D eigenvalue weighted by Crippen LogP contribution is 2.24. The van der Waals surface area contributed by atoms with Crippen LogP contribution >= 0.6 is 0 Å². The minimum absolute atomic E-state index is 0.145. The normalized spacial score (nSPS) is 15.3.